The van der Waals surface area contributed by atoms with Crippen LogP contribution in [-0.2, 0) is 0 Å². The van der Waals surface area contributed by atoms with Crippen LogP contribution in [0.1, 0.15) is 32.6 Å². The molecule has 0 radical (unpaired) electrons. The van der Waals surface area contributed by atoms with Gasteiger partial charge < -0.3 is 4.90 Å². The number of hydrogen-bond donors (Lipinski definition) is 0. The van der Waals surface area contributed by atoms with Gasteiger partial charge in [0.05, 0.1) is 6.07 Å². The first kappa shape index (κ1) is 9.54. The minimum absolute atomic E-state index is 0.689. The van der Waals surface area contributed by atoms with Crippen molar-refractivity contribution in [3.63, 3.8) is 0 Å². The second kappa shape index (κ2) is 5.16. The second-order valence-electron chi connectivity index (χ2n) is 3.79. The van der Waals surface area contributed by atoms with E-state index in [9.17, 15) is 0 Å². The van der Waals surface area contributed by atoms with Crippen molar-refractivity contribution in [2.45, 2.75) is 32.6 Å². The van der Waals surface area contributed by atoms with Gasteiger partial charge in [0.25, 0.3) is 0 Å². The van der Waals surface area contributed by atoms with Crippen LogP contribution in [0.15, 0.2) is 0 Å². The highest BCUT2D eigenvalue weighted by atomic mass is 15.1. The first-order chi connectivity index (χ1) is 5.83. The molecule has 0 aromatic rings. The van der Waals surface area contributed by atoms with Crippen LogP contribution in [0.5, 0.6) is 0 Å². The quantitative estimate of drug-likeness (QED) is 0.627. The fourth-order valence-electron chi connectivity index (χ4n) is 1.75. The normalized spacial score (nSPS) is 26.2. The van der Waals surface area contributed by atoms with Crippen molar-refractivity contribution in [1.82, 2.24) is 4.90 Å². The molecule has 12 heavy (non-hydrogen) atoms. The highest BCUT2D eigenvalue weighted by molar-refractivity contribution is 4.74. The second-order valence-corrected chi connectivity index (χ2v) is 3.79. The molecule has 0 aromatic heterocycles. The Balaban J connectivity index is 2.22. The lowest BCUT2D eigenvalue weighted by Crippen LogP contribution is -2.25. The van der Waals surface area contributed by atoms with Gasteiger partial charge in [-0.05, 0) is 38.3 Å². The van der Waals surface area contributed by atoms with Crippen molar-refractivity contribution >= 4 is 0 Å². The Hall–Kier alpha value is -0.550. The number of hydrogen-bond acceptors (Lipinski definition) is 2. The average molecular weight is 166 g/mol. The topological polar surface area (TPSA) is 27.0 Å². The summed E-state index contributed by atoms with van der Waals surface area (Å²) in [6.07, 6.45) is 4.68. The van der Waals surface area contributed by atoms with E-state index >= 15 is 0 Å². The Labute approximate surface area is 75.2 Å². The molecule has 68 valence electrons. The first-order valence-electron chi connectivity index (χ1n) is 4.92. The molecule has 0 spiro atoms. The molecule has 1 aliphatic heterocycles. The zero-order valence-electron chi connectivity index (χ0n) is 7.92. The van der Waals surface area contributed by atoms with Crippen molar-refractivity contribution in [2.75, 3.05) is 19.6 Å². The van der Waals surface area contributed by atoms with Gasteiger partial charge in [-0.25, -0.2) is 0 Å². The molecule has 1 unspecified atom stereocenters. The third-order valence-electron chi connectivity index (χ3n) is 2.65. The molecular formula is C10H18N2. The zero-order valence-corrected chi connectivity index (χ0v) is 7.92. The summed E-state index contributed by atoms with van der Waals surface area (Å²) in [7, 11) is 0. The van der Waals surface area contributed by atoms with Crippen molar-refractivity contribution in [3.8, 4) is 6.07 Å². The van der Waals surface area contributed by atoms with Gasteiger partial charge in [-0.3, -0.25) is 0 Å². The molecule has 1 aliphatic rings. The van der Waals surface area contributed by atoms with Crippen molar-refractivity contribution in [2.24, 2.45) is 5.92 Å². The van der Waals surface area contributed by atoms with Gasteiger partial charge in [0, 0.05) is 13.0 Å². The fourth-order valence-corrected chi connectivity index (χ4v) is 1.75. The van der Waals surface area contributed by atoms with Gasteiger partial charge in [0.2, 0.25) is 0 Å². The summed E-state index contributed by atoms with van der Waals surface area (Å²) in [5.41, 5.74) is 0. The van der Waals surface area contributed by atoms with Crippen LogP contribution in [-0.4, -0.2) is 24.5 Å². The smallest absolute Gasteiger partial charge is 0.0635 e. The third-order valence-corrected chi connectivity index (χ3v) is 2.65. The van der Waals surface area contributed by atoms with Gasteiger partial charge in [0.15, 0.2) is 0 Å². The van der Waals surface area contributed by atoms with Crippen LogP contribution in [0, 0.1) is 17.2 Å². The van der Waals surface area contributed by atoms with Gasteiger partial charge in [0.1, 0.15) is 0 Å². The Morgan fingerprint density at radius 1 is 1.42 bits per heavy atom. The summed E-state index contributed by atoms with van der Waals surface area (Å²) in [5.74, 6) is 0.886. The van der Waals surface area contributed by atoms with E-state index < -0.39 is 0 Å². The highest BCUT2D eigenvalue weighted by Crippen LogP contribution is 2.16. The number of nitrogens with zero attached hydrogens (tertiary/aromatic N) is 2. The molecule has 0 aromatic carbocycles. The molecule has 1 fully saturated rings. The molecule has 1 heterocycles. The molecule has 1 saturated heterocycles. The predicted molar refractivity (Wildman–Crippen MR) is 49.7 cm³/mol. The van der Waals surface area contributed by atoms with Gasteiger partial charge in [-0.1, -0.05) is 6.92 Å². The molecule has 0 saturated carbocycles. The van der Waals surface area contributed by atoms with E-state index in [4.69, 9.17) is 5.26 Å². The molecule has 2 heteroatoms. The lowest BCUT2D eigenvalue weighted by molar-refractivity contribution is 0.288. The van der Waals surface area contributed by atoms with Gasteiger partial charge >= 0.3 is 0 Å². The minimum atomic E-state index is 0.689. The molecule has 2 nitrogen and oxygen atoms in total. The summed E-state index contributed by atoms with van der Waals surface area (Å²) < 4.78 is 0. The van der Waals surface area contributed by atoms with E-state index in [1.165, 1.54) is 32.4 Å². The van der Waals surface area contributed by atoms with E-state index in [1.807, 2.05) is 0 Å². The molecular weight excluding hydrogens is 148 g/mol. The summed E-state index contributed by atoms with van der Waals surface area (Å²) >= 11 is 0. The number of rotatable bonds is 2. The monoisotopic (exact) mass is 166 g/mol. The standard InChI is InChI=1S/C10H18N2/c1-10-4-2-7-12(9-5-10)8-3-6-11/h10H,2-5,7-9H2,1H3. The Morgan fingerprint density at radius 2 is 2.25 bits per heavy atom. The van der Waals surface area contributed by atoms with Gasteiger partial charge in [-0.2, -0.15) is 5.26 Å². The lowest BCUT2D eigenvalue weighted by Gasteiger charge is -2.17. The summed E-state index contributed by atoms with van der Waals surface area (Å²) in [6.45, 7) is 5.70. The van der Waals surface area contributed by atoms with Crippen molar-refractivity contribution in [1.29, 1.82) is 5.26 Å². The Kier molecular flexibility index (Phi) is 4.10. The average Bonchev–Trinajstić information content (AvgIpc) is 2.27. The largest absolute Gasteiger partial charge is 0.302 e. The SMILES string of the molecule is CC1CCCN(CCC#N)CC1. The minimum Gasteiger partial charge on any atom is -0.302 e. The Bertz CT molecular complexity index is 160. The molecule has 0 aliphatic carbocycles. The summed E-state index contributed by atoms with van der Waals surface area (Å²) in [5, 5.41) is 8.44. The molecule has 1 atom stereocenters. The maximum absolute atomic E-state index is 8.44. The van der Waals surface area contributed by atoms with Crippen LogP contribution in [0.4, 0.5) is 0 Å². The van der Waals surface area contributed by atoms with Crippen LogP contribution in [0.25, 0.3) is 0 Å². The van der Waals surface area contributed by atoms with E-state index in [2.05, 4.69) is 17.9 Å². The molecule has 0 amide bonds. The van der Waals surface area contributed by atoms with E-state index in [0.717, 1.165) is 12.5 Å². The van der Waals surface area contributed by atoms with Crippen molar-refractivity contribution in [3.05, 3.63) is 0 Å². The van der Waals surface area contributed by atoms with E-state index in [-0.39, 0.29) is 0 Å². The van der Waals surface area contributed by atoms with Gasteiger partial charge in [-0.15, -0.1) is 0 Å². The first-order valence-corrected chi connectivity index (χ1v) is 4.92. The lowest BCUT2D eigenvalue weighted by atomic mass is 10.0. The summed E-state index contributed by atoms with van der Waals surface area (Å²) in [6, 6.07) is 2.20. The fraction of sp³-hybridized carbons (Fsp3) is 0.900. The summed E-state index contributed by atoms with van der Waals surface area (Å²) in [4.78, 5) is 2.42. The number of nitriles is 1. The predicted octanol–water partition coefficient (Wildman–Crippen LogP) is 2.02. The third kappa shape index (κ3) is 3.23. The Morgan fingerprint density at radius 3 is 3.00 bits per heavy atom. The maximum Gasteiger partial charge on any atom is 0.0635 e. The van der Waals surface area contributed by atoms with Crippen LogP contribution >= 0.6 is 0 Å². The molecule has 0 N–H and O–H groups in total. The number of likely N-dealkylation sites (tertiary alicyclic amines) is 1. The van der Waals surface area contributed by atoms with E-state index in [0.29, 0.717) is 6.42 Å². The molecule has 1 rings (SSSR count). The van der Waals surface area contributed by atoms with Crippen LogP contribution in [0.3, 0.4) is 0 Å². The van der Waals surface area contributed by atoms with E-state index in [1.54, 1.807) is 0 Å². The molecule has 0 bridgehead atoms. The van der Waals surface area contributed by atoms with Crippen LogP contribution < -0.4 is 0 Å². The highest BCUT2D eigenvalue weighted by Gasteiger charge is 2.12. The van der Waals surface area contributed by atoms with Crippen molar-refractivity contribution < 1.29 is 0 Å². The zero-order chi connectivity index (χ0) is 8.81. The van der Waals surface area contributed by atoms with Crippen LogP contribution in [0.2, 0.25) is 0 Å². The maximum atomic E-state index is 8.44.